The molecule has 1 atom stereocenters. The molecule has 0 radical (unpaired) electrons. The monoisotopic (exact) mass is 214 g/mol. The average Bonchev–Trinajstić information content (AvgIpc) is 2.48. The molecular formula is C11H18O2S. The van der Waals surface area contributed by atoms with Crippen LogP contribution in [0.4, 0.5) is 0 Å². The number of ether oxygens (including phenoxy) is 1. The van der Waals surface area contributed by atoms with E-state index < -0.39 is 0 Å². The third-order valence-corrected chi connectivity index (χ3v) is 3.96. The van der Waals surface area contributed by atoms with Crippen LogP contribution in [0.5, 0.6) is 0 Å². The Morgan fingerprint density at radius 1 is 1.64 bits per heavy atom. The largest absolute Gasteiger partial charge is 0.465 e. The van der Waals surface area contributed by atoms with E-state index in [1.54, 1.807) is 11.8 Å². The van der Waals surface area contributed by atoms with E-state index in [0.717, 1.165) is 19.3 Å². The maximum Gasteiger partial charge on any atom is 0.322 e. The molecule has 0 spiro atoms. The summed E-state index contributed by atoms with van der Waals surface area (Å²) in [6.07, 6.45) is 6.92. The fourth-order valence-corrected chi connectivity index (χ4v) is 2.49. The molecule has 1 heterocycles. The van der Waals surface area contributed by atoms with Crippen molar-refractivity contribution >= 4 is 17.7 Å². The minimum Gasteiger partial charge on any atom is -0.465 e. The molecule has 0 saturated carbocycles. The normalized spacial score (nSPS) is 26.1. The van der Waals surface area contributed by atoms with Crippen molar-refractivity contribution in [3.63, 3.8) is 0 Å². The van der Waals surface area contributed by atoms with Crippen LogP contribution in [0.3, 0.4) is 0 Å². The molecule has 14 heavy (non-hydrogen) atoms. The van der Waals surface area contributed by atoms with Crippen molar-refractivity contribution in [2.24, 2.45) is 0 Å². The first-order valence-electron chi connectivity index (χ1n) is 4.96. The van der Waals surface area contributed by atoms with Crippen molar-refractivity contribution < 1.29 is 9.53 Å². The number of rotatable bonds is 4. The lowest BCUT2D eigenvalue weighted by molar-refractivity contribution is -0.140. The van der Waals surface area contributed by atoms with Crippen LogP contribution >= 0.6 is 11.8 Å². The Hall–Kier alpha value is -0.440. The predicted octanol–water partition coefficient (Wildman–Crippen LogP) is 2.78. The number of carbonyl (C=O) groups excluding carboxylic acids is 1. The Labute approximate surface area is 90.1 Å². The zero-order valence-electron chi connectivity index (χ0n) is 9.13. The van der Waals surface area contributed by atoms with Crippen molar-refractivity contribution in [3.05, 3.63) is 11.6 Å². The Morgan fingerprint density at radius 2 is 2.36 bits per heavy atom. The fourth-order valence-electron chi connectivity index (χ4n) is 1.65. The van der Waals surface area contributed by atoms with Gasteiger partial charge in [0, 0.05) is 6.42 Å². The van der Waals surface area contributed by atoms with E-state index in [-0.39, 0.29) is 10.7 Å². The second kappa shape index (κ2) is 4.87. The summed E-state index contributed by atoms with van der Waals surface area (Å²) in [5, 5.41) is 0. The van der Waals surface area contributed by atoms with Gasteiger partial charge in [0.05, 0.1) is 6.61 Å². The lowest BCUT2D eigenvalue weighted by atomic mass is 10.00. The number of esters is 1. The molecule has 2 nitrogen and oxygen atoms in total. The van der Waals surface area contributed by atoms with Crippen LogP contribution < -0.4 is 0 Å². The minimum atomic E-state index is -0.258. The van der Waals surface area contributed by atoms with Crippen LogP contribution in [0.25, 0.3) is 0 Å². The number of allylic oxidation sites excluding steroid dienone is 2. The van der Waals surface area contributed by atoms with Gasteiger partial charge in [-0.2, -0.15) is 0 Å². The Kier molecular flexibility index (Phi) is 4.05. The summed E-state index contributed by atoms with van der Waals surface area (Å²) in [5.74, 6) is -0.0212. The molecule has 1 fully saturated rings. The third kappa shape index (κ3) is 2.53. The molecule has 1 aliphatic heterocycles. The molecule has 3 heteroatoms. The number of carbonyl (C=O) groups is 1. The van der Waals surface area contributed by atoms with Crippen molar-refractivity contribution in [1.82, 2.24) is 0 Å². The predicted molar refractivity (Wildman–Crippen MR) is 60.5 cm³/mol. The second-order valence-corrected chi connectivity index (χ2v) is 5.09. The summed E-state index contributed by atoms with van der Waals surface area (Å²) in [6, 6.07) is 0. The van der Waals surface area contributed by atoms with Crippen LogP contribution in [0.2, 0.25) is 0 Å². The standard InChI is InChI=1S/C11H18O2S/c1-9(2)5-4-6-11(14-3)7-8-13-10(11)12/h5H,4,6-8H2,1-3H3. The van der Waals surface area contributed by atoms with Crippen LogP contribution in [0, 0.1) is 0 Å². The van der Waals surface area contributed by atoms with Gasteiger partial charge in [0.25, 0.3) is 0 Å². The van der Waals surface area contributed by atoms with Crippen molar-refractivity contribution in [2.75, 3.05) is 12.9 Å². The highest BCUT2D eigenvalue weighted by Gasteiger charge is 2.43. The molecule has 0 N–H and O–H groups in total. The molecular weight excluding hydrogens is 196 g/mol. The topological polar surface area (TPSA) is 26.3 Å². The first kappa shape index (κ1) is 11.6. The molecule has 1 saturated heterocycles. The number of cyclic esters (lactones) is 1. The highest BCUT2D eigenvalue weighted by Crippen LogP contribution is 2.37. The van der Waals surface area contributed by atoms with Crippen molar-refractivity contribution in [2.45, 2.75) is 37.9 Å². The third-order valence-electron chi connectivity index (χ3n) is 2.60. The van der Waals surface area contributed by atoms with E-state index in [1.165, 1.54) is 5.57 Å². The molecule has 0 bridgehead atoms. The highest BCUT2D eigenvalue weighted by atomic mass is 32.2. The fraction of sp³-hybridized carbons (Fsp3) is 0.727. The average molecular weight is 214 g/mol. The van der Waals surface area contributed by atoms with Crippen LogP contribution in [0.1, 0.15) is 33.1 Å². The molecule has 0 aliphatic carbocycles. The van der Waals surface area contributed by atoms with E-state index in [0.29, 0.717) is 6.61 Å². The second-order valence-electron chi connectivity index (χ2n) is 3.90. The number of hydrogen-bond donors (Lipinski definition) is 0. The smallest absolute Gasteiger partial charge is 0.322 e. The van der Waals surface area contributed by atoms with E-state index >= 15 is 0 Å². The van der Waals surface area contributed by atoms with Gasteiger partial charge in [-0.1, -0.05) is 11.6 Å². The van der Waals surface area contributed by atoms with Gasteiger partial charge in [-0.15, -0.1) is 11.8 Å². The quantitative estimate of drug-likeness (QED) is 0.531. The molecule has 1 rings (SSSR count). The van der Waals surface area contributed by atoms with Gasteiger partial charge >= 0.3 is 5.97 Å². The van der Waals surface area contributed by atoms with E-state index in [1.807, 2.05) is 6.26 Å². The molecule has 0 aromatic carbocycles. The lowest BCUT2D eigenvalue weighted by Gasteiger charge is -2.20. The van der Waals surface area contributed by atoms with E-state index in [9.17, 15) is 4.79 Å². The molecule has 80 valence electrons. The lowest BCUT2D eigenvalue weighted by Crippen LogP contribution is -2.29. The van der Waals surface area contributed by atoms with Gasteiger partial charge in [-0.3, -0.25) is 4.79 Å². The zero-order chi connectivity index (χ0) is 10.6. The summed E-state index contributed by atoms with van der Waals surface area (Å²) >= 11 is 1.64. The Balaban J connectivity index is 2.54. The summed E-state index contributed by atoms with van der Waals surface area (Å²) < 4.78 is 4.78. The summed E-state index contributed by atoms with van der Waals surface area (Å²) in [6.45, 7) is 4.76. The van der Waals surface area contributed by atoms with Gasteiger partial charge in [0.1, 0.15) is 4.75 Å². The Bertz CT molecular complexity index is 244. The molecule has 0 aromatic rings. The molecule has 0 aromatic heterocycles. The summed E-state index contributed by atoms with van der Waals surface area (Å²) in [5.41, 5.74) is 1.31. The van der Waals surface area contributed by atoms with E-state index in [2.05, 4.69) is 19.9 Å². The van der Waals surface area contributed by atoms with Crippen molar-refractivity contribution in [3.8, 4) is 0 Å². The first-order valence-corrected chi connectivity index (χ1v) is 6.19. The summed E-state index contributed by atoms with van der Waals surface area (Å²) in [4.78, 5) is 11.5. The summed E-state index contributed by atoms with van der Waals surface area (Å²) in [7, 11) is 0. The maximum atomic E-state index is 11.5. The van der Waals surface area contributed by atoms with Gasteiger partial charge in [0.15, 0.2) is 0 Å². The minimum absolute atomic E-state index is 0.0212. The zero-order valence-corrected chi connectivity index (χ0v) is 9.95. The SMILES string of the molecule is CSC1(CCC=C(C)C)CCOC1=O. The number of hydrogen-bond acceptors (Lipinski definition) is 3. The van der Waals surface area contributed by atoms with Gasteiger partial charge < -0.3 is 4.74 Å². The van der Waals surface area contributed by atoms with Crippen LogP contribution in [0.15, 0.2) is 11.6 Å². The molecule has 1 aliphatic rings. The number of thioether (sulfide) groups is 1. The van der Waals surface area contributed by atoms with Gasteiger partial charge in [0.2, 0.25) is 0 Å². The first-order chi connectivity index (χ1) is 6.60. The van der Waals surface area contributed by atoms with Crippen molar-refractivity contribution in [1.29, 1.82) is 0 Å². The van der Waals surface area contributed by atoms with Crippen LogP contribution in [-0.2, 0) is 9.53 Å². The van der Waals surface area contributed by atoms with Gasteiger partial charge in [-0.25, -0.2) is 0 Å². The van der Waals surface area contributed by atoms with Crippen LogP contribution in [-0.4, -0.2) is 23.6 Å². The Morgan fingerprint density at radius 3 is 2.79 bits per heavy atom. The van der Waals surface area contributed by atoms with Gasteiger partial charge in [-0.05, 0) is 32.9 Å². The maximum absolute atomic E-state index is 11.5. The molecule has 0 amide bonds. The highest BCUT2D eigenvalue weighted by molar-refractivity contribution is 8.00. The molecule has 1 unspecified atom stereocenters. The van der Waals surface area contributed by atoms with E-state index in [4.69, 9.17) is 4.74 Å².